The van der Waals surface area contributed by atoms with Gasteiger partial charge in [-0.2, -0.15) is 13.2 Å². The highest BCUT2D eigenvalue weighted by Crippen LogP contribution is 2.33. The molecule has 0 unspecified atom stereocenters. The molecule has 142 valence electrons. The fraction of sp³-hybridized carbons (Fsp3) is 0.316. The first-order valence-corrected chi connectivity index (χ1v) is 8.32. The van der Waals surface area contributed by atoms with Gasteiger partial charge in [-0.05, 0) is 34.8 Å². The topological polar surface area (TPSA) is 46.5 Å². The fourth-order valence-electron chi connectivity index (χ4n) is 3.27. The van der Waals surface area contributed by atoms with Gasteiger partial charge in [-0.3, -0.25) is 4.79 Å². The Balaban J connectivity index is 1.93. The monoisotopic (exact) mass is 380 g/mol. The van der Waals surface area contributed by atoms with Gasteiger partial charge in [0.25, 0.3) is 0 Å². The average molecular weight is 380 g/mol. The molecule has 0 aliphatic carbocycles. The van der Waals surface area contributed by atoms with E-state index in [1.165, 1.54) is 0 Å². The molecule has 8 heteroatoms. The third kappa shape index (κ3) is 3.91. The number of fused-ring (bicyclic) bond motifs is 1. The summed E-state index contributed by atoms with van der Waals surface area (Å²) in [5.74, 6) is -1.84. The molecule has 0 fully saturated rings. The number of carbonyl (C=O) groups excluding carboxylic acids is 1. The molecular weight excluding hydrogens is 363 g/mol. The lowest BCUT2D eigenvalue weighted by Crippen LogP contribution is -2.49. The summed E-state index contributed by atoms with van der Waals surface area (Å²) in [7, 11) is -1.15. The van der Waals surface area contributed by atoms with Gasteiger partial charge in [0.1, 0.15) is 5.82 Å². The van der Waals surface area contributed by atoms with E-state index in [1.54, 1.807) is 18.2 Å². The maximum absolute atomic E-state index is 13.2. The number of hydrogen-bond donors (Lipinski definition) is 1. The Hall–Kier alpha value is -2.19. The zero-order valence-electron chi connectivity index (χ0n) is 14.7. The van der Waals surface area contributed by atoms with Crippen LogP contribution in [0.1, 0.15) is 40.9 Å². The van der Waals surface area contributed by atoms with E-state index in [2.05, 4.69) is 0 Å². The summed E-state index contributed by atoms with van der Waals surface area (Å²) in [5, 5.41) is 10.1. The minimum atomic E-state index is -4.84. The minimum Gasteiger partial charge on any atom is -0.423 e. The summed E-state index contributed by atoms with van der Waals surface area (Å²) in [5.41, 5.74) is -0.426. The van der Waals surface area contributed by atoms with Gasteiger partial charge in [0.05, 0.1) is 5.56 Å². The largest absolute Gasteiger partial charge is 0.491 e. The number of hydrogen-bond acceptors (Lipinski definition) is 3. The van der Waals surface area contributed by atoms with E-state index in [9.17, 15) is 27.4 Å². The number of Topliss-reactive ketones (excluding diaryl/α,β-unsaturated/α-hetero) is 1. The van der Waals surface area contributed by atoms with Crippen LogP contribution in [0.5, 0.6) is 0 Å². The van der Waals surface area contributed by atoms with Crippen molar-refractivity contribution < 1.29 is 32.0 Å². The van der Waals surface area contributed by atoms with Gasteiger partial charge in [-0.1, -0.05) is 32.0 Å². The smallest absolute Gasteiger partial charge is 0.423 e. The van der Waals surface area contributed by atoms with E-state index in [0.29, 0.717) is 23.7 Å². The van der Waals surface area contributed by atoms with Crippen LogP contribution in [-0.4, -0.2) is 24.5 Å². The predicted molar refractivity (Wildman–Crippen MR) is 92.5 cm³/mol. The molecule has 2 aromatic rings. The molecule has 1 N–H and O–H groups in total. The third-order valence-corrected chi connectivity index (χ3v) is 4.67. The number of ketones is 1. The Morgan fingerprint density at radius 2 is 1.93 bits per heavy atom. The van der Waals surface area contributed by atoms with Crippen LogP contribution >= 0.6 is 0 Å². The average Bonchev–Trinajstić information content (AvgIpc) is 2.57. The van der Waals surface area contributed by atoms with Gasteiger partial charge in [-0.25, -0.2) is 4.39 Å². The van der Waals surface area contributed by atoms with Gasteiger partial charge < -0.3 is 9.68 Å². The molecular formula is C19H17BF4O3. The molecule has 1 aliphatic heterocycles. The standard InChI is InChI=1S/C19H17BF4O3/c1-18(2)10-27-20(26)16-7-11(3-6-14(16)18)8-17(25)13-5-4-12(21)9-15(13)19(22,23)24/h3-7,9,26H,8,10H2,1-2H3. The molecule has 3 rings (SSSR count). The molecule has 0 bridgehead atoms. The van der Waals surface area contributed by atoms with Crippen molar-refractivity contribution in [2.24, 2.45) is 0 Å². The minimum absolute atomic E-state index is 0.310. The second kappa shape index (κ2) is 6.76. The van der Waals surface area contributed by atoms with Crippen LogP contribution in [-0.2, 0) is 22.7 Å². The lowest BCUT2D eigenvalue weighted by molar-refractivity contribution is -0.138. The van der Waals surface area contributed by atoms with E-state index >= 15 is 0 Å². The highest BCUT2D eigenvalue weighted by molar-refractivity contribution is 6.61. The Morgan fingerprint density at radius 1 is 1.22 bits per heavy atom. The SMILES string of the molecule is CC1(C)COB(O)c2cc(CC(=O)c3ccc(F)cc3C(F)(F)F)ccc21. The fourth-order valence-corrected chi connectivity index (χ4v) is 3.27. The zero-order chi connectivity index (χ0) is 20.0. The van der Waals surface area contributed by atoms with E-state index in [0.717, 1.165) is 17.7 Å². The molecule has 0 saturated heterocycles. The van der Waals surface area contributed by atoms with Crippen molar-refractivity contribution in [3.05, 3.63) is 64.5 Å². The van der Waals surface area contributed by atoms with Crippen LogP contribution in [0.15, 0.2) is 36.4 Å². The summed E-state index contributed by atoms with van der Waals surface area (Å²) >= 11 is 0. The summed E-state index contributed by atoms with van der Waals surface area (Å²) in [6, 6.07) is 6.96. The van der Waals surface area contributed by atoms with Gasteiger partial charge in [0, 0.05) is 24.0 Å². The predicted octanol–water partition coefficient (Wildman–Crippen LogP) is 3.27. The van der Waals surface area contributed by atoms with Gasteiger partial charge >= 0.3 is 13.3 Å². The van der Waals surface area contributed by atoms with E-state index in [-0.39, 0.29) is 11.8 Å². The summed E-state index contributed by atoms with van der Waals surface area (Å²) in [6.45, 7) is 4.21. The molecule has 0 amide bonds. The Labute approximate surface area is 154 Å². The van der Waals surface area contributed by atoms with Crippen LogP contribution in [0.4, 0.5) is 17.6 Å². The maximum atomic E-state index is 13.2. The normalized spacial score (nSPS) is 16.2. The Kier molecular flexibility index (Phi) is 4.90. The van der Waals surface area contributed by atoms with Crippen molar-refractivity contribution in [1.82, 2.24) is 0 Å². The molecule has 1 heterocycles. The third-order valence-electron chi connectivity index (χ3n) is 4.67. The Morgan fingerprint density at radius 3 is 2.59 bits per heavy atom. The van der Waals surface area contributed by atoms with E-state index in [1.807, 2.05) is 13.8 Å². The number of carbonyl (C=O) groups is 1. The quantitative estimate of drug-likeness (QED) is 0.505. The summed E-state index contributed by atoms with van der Waals surface area (Å²) < 4.78 is 57.9. The second-order valence-corrected chi connectivity index (χ2v) is 7.26. The van der Waals surface area contributed by atoms with Crippen molar-refractivity contribution in [3.8, 4) is 0 Å². The molecule has 0 spiro atoms. The second-order valence-electron chi connectivity index (χ2n) is 7.26. The van der Waals surface area contributed by atoms with Gasteiger partial charge in [-0.15, -0.1) is 0 Å². The molecule has 2 aromatic carbocycles. The molecule has 0 radical (unpaired) electrons. The lowest BCUT2D eigenvalue weighted by atomic mass is 9.65. The van der Waals surface area contributed by atoms with E-state index < -0.39 is 36.0 Å². The van der Waals surface area contributed by atoms with Crippen molar-refractivity contribution >= 4 is 18.4 Å². The van der Waals surface area contributed by atoms with Crippen molar-refractivity contribution in [3.63, 3.8) is 0 Å². The highest BCUT2D eigenvalue weighted by atomic mass is 19.4. The molecule has 0 aromatic heterocycles. The van der Waals surface area contributed by atoms with Crippen LogP contribution in [0.2, 0.25) is 0 Å². The van der Waals surface area contributed by atoms with Crippen molar-refractivity contribution in [2.75, 3.05) is 6.61 Å². The number of halogens is 4. The van der Waals surface area contributed by atoms with Gasteiger partial charge in [0.15, 0.2) is 5.78 Å². The Bertz CT molecular complexity index is 893. The van der Waals surface area contributed by atoms with Crippen LogP contribution in [0.25, 0.3) is 0 Å². The molecule has 27 heavy (non-hydrogen) atoms. The zero-order valence-corrected chi connectivity index (χ0v) is 14.7. The molecule has 1 aliphatic rings. The van der Waals surface area contributed by atoms with Gasteiger partial charge in [0.2, 0.25) is 0 Å². The van der Waals surface area contributed by atoms with Crippen LogP contribution in [0.3, 0.4) is 0 Å². The molecule has 0 saturated carbocycles. The van der Waals surface area contributed by atoms with E-state index in [4.69, 9.17) is 4.65 Å². The summed E-state index contributed by atoms with van der Waals surface area (Å²) in [4.78, 5) is 12.5. The number of alkyl halides is 3. The maximum Gasteiger partial charge on any atom is 0.491 e. The van der Waals surface area contributed by atoms with Crippen LogP contribution in [0, 0.1) is 5.82 Å². The highest BCUT2D eigenvalue weighted by Gasteiger charge is 2.37. The first kappa shape index (κ1) is 19.6. The molecule has 0 atom stereocenters. The lowest BCUT2D eigenvalue weighted by Gasteiger charge is -2.34. The first-order valence-electron chi connectivity index (χ1n) is 8.32. The molecule has 3 nitrogen and oxygen atoms in total. The van der Waals surface area contributed by atoms with Crippen molar-refractivity contribution in [1.29, 1.82) is 0 Å². The van der Waals surface area contributed by atoms with Crippen molar-refractivity contribution in [2.45, 2.75) is 31.9 Å². The van der Waals surface area contributed by atoms with Crippen LogP contribution < -0.4 is 5.46 Å². The summed E-state index contributed by atoms with van der Waals surface area (Å²) in [6.07, 6.45) is -5.15. The first-order chi connectivity index (χ1) is 12.5. The number of rotatable bonds is 3. The number of benzene rings is 2.